The predicted octanol–water partition coefficient (Wildman–Crippen LogP) is 2.68. The van der Waals surface area contributed by atoms with Gasteiger partial charge < -0.3 is 11.5 Å². The van der Waals surface area contributed by atoms with Crippen molar-refractivity contribution < 1.29 is 4.39 Å². The second-order valence-corrected chi connectivity index (χ2v) is 3.85. The van der Waals surface area contributed by atoms with E-state index >= 15 is 0 Å². The molecule has 92 valence electrons. The second kappa shape index (κ2) is 7.60. The molecule has 1 aromatic rings. The smallest absolute Gasteiger partial charge is 0.126 e. The number of benzene rings is 1. The number of unbranched alkanes of at least 4 members (excludes halogenated alkanes) is 1. The molecule has 0 saturated carbocycles. The van der Waals surface area contributed by atoms with Gasteiger partial charge in [0, 0.05) is 6.04 Å². The summed E-state index contributed by atoms with van der Waals surface area (Å²) in [5.74, 6) is -0.179. The summed E-state index contributed by atoms with van der Waals surface area (Å²) >= 11 is 0. The van der Waals surface area contributed by atoms with Crippen molar-refractivity contribution in [2.75, 3.05) is 6.54 Å². The Kier molecular flexibility index (Phi) is 7.30. The molecule has 0 bridgehead atoms. The quantitative estimate of drug-likeness (QED) is 0.785. The summed E-state index contributed by atoms with van der Waals surface area (Å²) in [6, 6.07) is 4.99. The van der Waals surface area contributed by atoms with Crippen LogP contribution in [0.4, 0.5) is 4.39 Å². The highest BCUT2D eigenvalue weighted by molar-refractivity contribution is 5.85. The standard InChI is InChI=1S/C12H19FN2.ClH/c1-9-10(5-4-6-11(9)13)12(15)7-2-3-8-14;/h4-6,12H,2-3,7-8,14-15H2,1H3;1H/t12-;/m0./s1. The van der Waals surface area contributed by atoms with Crippen molar-refractivity contribution in [1.82, 2.24) is 0 Å². The zero-order valence-electron chi connectivity index (χ0n) is 9.58. The van der Waals surface area contributed by atoms with Gasteiger partial charge in [-0.05, 0) is 43.5 Å². The lowest BCUT2D eigenvalue weighted by molar-refractivity contribution is 0.573. The van der Waals surface area contributed by atoms with Crippen LogP contribution in [0.5, 0.6) is 0 Å². The third kappa shape index (κ3) is 4.08. The molecule has 16 heavy (non-hydrogen) atoms. The Morgan fingerprint density at radius 2 is 2.00 bits per heavy atom. The molecule has 0 heterocycles. The lowest BCUT2D eigenvalue weighted by atomic mass is 9.97. The molecule has 0 aliphatic heterocycles. The molecule has 0 aromatic heterocycles. The van der Waals surface area contributed by atoms with Gasteiger partial charge in [-0.15, -0.1) is 12.4 Å². The van der Waals surface area contributed by atoms with Crippen molar-refractivity contribution >= 4 is 12.4 Å². The molecule has 4 N–H and O–H groups in total. The van der Waals surface area contributed by atoms with Crippen molar-refractivity contribution in [3.8, 4) is 0 Å². The lowest BCUT2D eigenvalue weighted by Gasteiger charge is -2.14. The Morgan fingerprint density at radius 1 is 1.31 bits per heavy atom. The van der Waals surface area contributed by atoms with E-state index in [9.17, 15) is 4.39 Å². The Bertz CT molecular complexity index is 318. The van der Waals surface area contributed by atoms with Crippen molar-refractivity contribution in [3.05, 3.63) is 35.1 Å². The van der Waals surface area contributed by atoms with Crippen LogP contribution >= 0.6 is 12.4 Å². The van der Waals surface area contributed by atoms with Gasteiger partial charge in [-0.3, -0.25) is 0 Å². The maximum absolute atomic E-state index is 13.3. The summed E-state index contributed by atoms with van der Waals surface area (Å²) in [4.78, 5) is 0. The highest BCUT2D eigenvalue weighted by Gasteiger charge is 2.10. The fraction of sp³-hybridized carbons (Fsp3) is 0.500. The highest BCUT2D eigenvalue weighted by Crippen LogP contribution is 2.21. The summed E-state index contributed by atoms with van der Waals surface area (Å²) in [7, 11) is 0. The van der Waals surface area contributed by atoms with Crippen LogP contribution < -0.4 is 11.5 Å². The Morgan fingerprint density at radius 3 is 2.62 bits per heavy atom. The molecule has 1 aromatic carbocycles. The molecule has 0 unspecified atom stereocenters. The molecule has 0 saturated heterocycles. The van der Waals surface area contributed by atoms with E-state index in [1.165, 1.54) is 6.07 Å². The minimum Gasteiger partial charge on any atom is -0.330 e. The van der Waals surface area contributed by atoms with E-state index in [-0.39, 0.29) is 24.3 Å². The molecular formula is C12H20ClFN2. The molecule has 4 heteroatoms. The number of halogens is 2. The molecule has 0 spiro atoms. The van der Waals surface area contributed by atoms with Crippen LogP contribution in [-0.4, -0.2) is 6.54 Å². The van der Waals surface area contributed by atoms with Crippen molar-refractivity contribution in [2.45, 2.75) is 32.2 Å². The van der Waals surface area contributed by atoms with Crippen molar-refractivity contribution in [2.24, 2.45) is 11.5 Å². The van der Waals surface area contributed by atoms with Crippen LogP contribution in [-0.2, 0) is 0 Å². The zero-order valence-corrected chi connectivity index (χ0v) is 10.4. The molecule has 1 rings (SSSR count). The van der Waals surface area contributed by atoms with E-state index in [1.54, 1.807) is 13.0 Å². The Labute approximate surface area is 103 Å². The lowest BCUT2D eigenvalue weighted by Crippen LogP contribution is -2.13. The van der Waals surface area contributed by atoms with Gasteiger partial charge in [-0.25, -0.2) is 4.39 Å². The summed E-state index contributed by atoms with van der Waals surface area (Å²) in [5.41, 5.74) is 13.0. The van der Waals surface area contributed by atoms with Gasteiger partial charge in [0.05, 0.1) is 0 Å². The first-order chi connectivity index (χ1) is 7.16. The highest BCUT2D eigenvalue weighted by atomic mass is 35.5. The van der Waals surface area contributed by atoms with Gasteiger partial charge in [0.2, 0.25) is 0 Å². The average Bonchev–Trinajstić information content (AvgIpc) is 2.22. The maximum Gasteiger partial charge on any atom is 0.126 e. The van der Waals surface area contributed by atoms with Gasteiger partial charge >= 0.3 is 0 Å². The number of rotatable bonds is 5. The number of hydrogen-bond donors (Lipinski definition) is 2. The van der Waals surface area contributed by atoms with E-state index in [4.69, 9.17) is 11.5 Å². The molecule has 0 aliphatic carbocycles. The van der Waals surface area contributed by atoms with E-state index < -0.39 is 0 Å². The van der Waals surface area contributed by atoms with Crippen LogP contribution in [0.15, 0.2) is 18.2 Å². The van der Waals surface area contributed by atoms with E-state index in [0.29, 0.717) is 12.1 Å². The van der Waals surface area contributed by atoms with Crippen LogP contribution in [0.1, 0.15) is 36.4 Å². The third-order valence-corrected chi connectivity index (χ3v) is 2.68. The average molecular weight is 247 g/mol. The number of nitrogens with two attached hydrogens (primary N) is 2. The normalized spacial score (nSPS) is 12.0. The van der Waals surface area contributed by atoms with Crippen LogP contribution in [0, 0.1) is 12.7 Å². The first-order valence-corrected chi connectivity index (χ1v) is 5.37. The first kappa shape index (κ1) is 15.4. The molecule has 0 amide bonds. The summed E-state index contributed by atoms with van der Waals surface area (Å²) in [6.45, 7) is 2.46. The predicted molar refractivity (Wildman–Crippen MR) is 68.2 cm³/mol. The molecular weight excluding hydrogens is 227 g/mol. The van der Waals surface area contributed by atoms with E-state index in [1.807, 2.05) is 6.07 Å². The SMILES string of the molecule is Cc1c(F)cccc1[C@@H](N)CCCCN.Cl. The summed E-state index contributed by atoms with van der Waals surface area (Å²) in [5, 5.41) is 0. The molecule has 1 atom stereocenters. The monoisotopic (exact) mass is 246 g/mol. The first-order valence-electron chi connectivity index (χ1n) is 5.37. The van der Waals surface area contributed by atoms with Gasteiger partial charge in [0.15, 0.2) is 0 Å². The minimum absolute atomic E-state index is 0. The van der Waals surface area contributed by atoms with Gasteiger partial charge in [0.25, 0.3) is 0 Å². The fourth-order valence-electron chi connectivity index (χ4n) is 1.69. The molecule has 0 fully saturated rings. The third-order valence-electron chi connectivity index (χ3n) is 2.68. The van der Waals surface area contributed by atoms with Crippen LogP contribution in [0.25, 0.3) is 0 Å². The second-order valence-electron chi connectivity index (χ2n) is 3.85. The van der Waals surface area contributed by atoms with Crippen LogP contribution in [0.3, 0.4) is 0 Å². The maximum atomic E-state index is 13.3. The van der Waals surface area contributed by atoms with Crippen LogP contribution in [0.2, 0.25) is 0 Å². The Hall–Kier alpha value is -0.640. The zero-order chi connectivity index (χ0) is 11.3. The van der Waals surface area contributed by atoms with E-state index in [2.05, 4.69) is 0 Å². The Balaban J connectivity index is 0.00000225. The minimum atomic E-state index is -0.179. The van der Waals surface area contributed by atoms with Crippen molar-refractivity contribution in [3.63, 3.8) is 0 Å². The topological polar surface area (TPSA) is 52.0 Å². The number of hydrogen-bond acceptors (Lipinski definition) is 2. The summed E-state index contributed by atoms with van der Waals surface area (Å²) < 4.78 is 13.3. The molecule has 0 aliphatic rings. The molecule has 2 nitrogen and oxygen atoms in total. The van der Waals surface area contributed by atoms with E-state index in [0.717, 1.165) is 24.8 Å². The van der Waals surface area contributed by atoms with Gasteiger partial charge in [0.1, 0.15) is 5.82 Å². The molecule has 0 radical (unpaired) electrons. The fourth-order valence-corrected chi connectivity index (χ4v) is 1.69. The van der Waals surface area contributed by atoms with Gasteiger partial charge in [-0.1, -0.05) is 18.6 Å². The summed E-state index contributed by atoms with van der Waals surface area (Å²) in [6.07, 6.45) is 2.83. The van der Waals surface area contributed by atoms with Crippen molar-refractivity contribution in [1.29, 1.82) is 0 Å². The largest absolute Gasteiger partial charge is 0.330 e. The van der Waals surface area contributed by atoms with Gasteiger partial charge in [-0.2, -0.15) is 0 Å².